The first-order valence-electron chi connectivity index (χ1n) is 6.06. The van der Waals surface area contributed by atoms with Crippen molar-refractivity contribution >= 4 is 5.97 Å². The Balaban J connectivity index is 1.92. The summed E-state index contributed by atoms with van der Waals surface area (Å²) in [5, 5.41) is 11.2. The van der Waals surface area contributed by atoms with Crippen molar-refractivity contribution in [1.82, 2.24) is 5.06 Å². The van der Waals surface area contributed by atoms with Crippen LogP contribution in [0.2, 0.25) is 0 Å². The van der Waals surface area contributed by atoms with E-state index < -0.39 is 5.41 Å². The largest absolute Gasteiger partial charge is 0.462 e. The molecule has 2 bridgehead atoms. The number of hydrogen-bond donors (Lipinski definition) is 1. The van der Waals surface area contributed by atoms with Crippen molar-refractivity contribution in [2.24, 2.45) is 5.41 Å². The monoisotopic (exact) mass is 227 g/mol. The minimum atomic E-state index is -0.435. The van der Waals surface area contributed by atoms with Gasteiger partial charge >= 0.3 is 5.97 Å². The molecule has 92 valence electrons. The van der Waals surface area contributed by atoms with Gasteiger partial charge in [-0.3, -0.25) is 4.79 Å². The van der Waals surface area contributed by atoms with Crippen LogP contribution in [-0.2, 0) is 9.53 Å². The number of nitrogens with zero attached hydrogens (tertiary/aromatic N) is 1. The summed E-state index contributed by atoms with van der Waals surface area (Å²) in [7, 11) is 0. The van der Waals surface area contributed by atoms with E-state index in [0.29, 0.717) is 0 Å². The van der Waals surface area contributed by atoms with Crippen molar-refractivity contribution in [3.05, 3.63) is 0 Å². The smallest absolute Gasteiger partial charge is 0.311 e. The molecule has 0 spiro atoms. The molecular weight excluding hydrogens is 206 g/mol. The van der Waals surface area contributed by atoms with Crippen LogP contribution in [-0.4, -0.2) is 34.4 Å². The summed E-state index contributed by atoms with van der Waals surface area (Å²) < 4.78 is 5.51. The zero-order chi connectivity index (χ0) is 11.9. The van der Waals surface area contributed by atoms with Crippen LogP contribution in [0.25, 0.3) is 0 Å². The predicted octanol–water partition coefficient (Wildman–Crippen LogP) is 1.96. The van der Waals surface area contributed by atoms with Crippen LogP contribution in [0.4, 0.5) is 0 Å². The molecule has 4 nitrogen and oxygen atoms in total. The quantitative estimate of drug-likeness (QED) is 0.696. The summed E-state index contributed by atoms with van der Waals surface area (Å²) >= 11 is 0. The maximum Gasteiger partial charge on any atom is 0.311 e. The van der Waals surface area contributed by atoms with E-state index in [9.17, 15) is 10.0 Å². The lowest BCUT2D eigenvalue weighted by atomic mass is 9.96. The molecule has 2 saturated heterocycles. The number of rotatable bonds is 1. The number of carbonyl (C=O) groups excluding carboxylic acids is 1. The third-order valence-corrected chi connectivity index (χ3v) is 3.54. The van der Waals surface area contributed by atoms with Gasteiger partial charge < -0.3 is 9.94 Å². The Morgan fingerprint density at radius 3 is 2.19 bits per heavy atom. The second-order valence-corrected chi connectivity index (χ2v) is 6.01. The Labute approximate surface area is 96.5 Å². The van der Waals surface area contributed by atoms with E-state index in [1.54, 1.807) is 0 Å². The molecule has 2 aliphatic rings. The van der Waals surface area contributed by atoms with E-state index in [4.69, 9.17) is 4.74 Å². The average Bonchev–Trinajstić information content (AvgIpc) is 2.41. The van der Waals surface area contributed by atoms with Gasteiger partial charge in [0.25, 0.3) is 0 Å². The minimum Gasteiger partial charge on any atom is -0.462 e. The molecule has 0 aromatic heterocycles. The molecule has 1 N–H and O–H groups in total. The Bertz CT molecular complexity index is 270. The summed E-state index contributed by atoms with van der Waals surface area (Å²) in [5.41, 5.74) is -0.435. The highest BCUT2D eigenvalue weighted by atomic mass is 16.5. The van der Waals surface area contributed by atoms with E-state index in [1.165, 1.54) is 5.06 Å². The fourth-order valence-corrected chi connectivity index (χ4v) is 2.53. The summed E-state index contributed by atoms with van der Waals surface area (Å²) in [6.45, 7) is 5.60. The standard InChI is InChI=1S/C12H21NO3/c1-12(2,3)11(14)16-10-6-8-4-5-9(7-10)13(8)15/h8-10,15H,4-7H2,1-3H3. The molecule has 0 aliphatic carbocycles. The number of carbonyl (C=O) groups is 1. The molecule has 0 aromatic rings. The van der Waals surface area contributed by atoms with Crippen molar-refractivity contribution < 1.29 is 14.7 Å². The van der Waals surface area contributed by atoms with E-state index in [-0.39, 0.29) is 24.2 Å². The minimum absolute atomic E-state index is 0.00683. The van der Waals surface area contributed by atoms with Crippen molar-refractivity contribution in [2.75, 3.05) is 0 Å². The normalized spacial score (nSPS) is 35.1. The van der Waals surface area contributed by atoms with Crippen molar-refractivity contribution in [1.29, 1.82) is 0 Å². The van der Waals surface area contributed by atoms with E-state index >= 15 is 0 Å². The highest BCUT2D eigenvalue weighted by molar-refractivity contribution is 5.75. The highest BCUT2D eigenvalue weighted by Gasteiger charge is 2.42. The molecule has 0 amide bonds. The molecule has 2 unspecified atom stereocenters. The fraction of sp³-hybridized carbons (Fsp3) is 0.917. The van der Waals surface area contributed by atoms with Crippen LogP contribution in [0.15, 0.2) is 0 Å². The number of hydrogen-bond acceptors (Lipinski definition) is 4. The number of hydroxylamine groups is 2. The predicted molar refractivity (Wildman–Crippen MR) is 59.0 cm³/mol. The first-order chi connectivity index (χ1) is 7.38. The van der Waals surface area contributed by atoms with Crippen LogP contribution in [0, 0.1) is 5.41 Å². The van der Waals surface area contributed by atoms with Gasteiger partial charge in [0.1, 0.15) is 6.10 Å². The summed E-state index contributed by atoms with van der Waals surface area (Å²) in [6.07, 6.45) is 3.58. The maximum absolute atomic E-state index is 11.7. The van der Waals surface area contributed by atoms with Crippen molar-refractivity contribution in [2.45, 2.75) is 64.6 Å². The van der Waals surface area contributed by atoms with Crippen molar-refractivity contribution in [3.8, 4) is 0 Å². The van der Waals surface area contributed by atoms with Gasteiger partial charge in [0.15, 0.2) is 0 Å². The molecule has 0 radical (unpaired) electrons. The zero-order valence-corrected chi connectivity index (χ0v) is 10.3. The van der Waals surface area contributed by atoms with Crippen LogP contribution < -0.4 is 0 Å². The third-order valence-electron chi connectivity index (χ3n) is 3.54. The van der Waals surface area contributed by atoms with Crippen LogP contribution in [0.1, 0.15) is 46.5 Å². The molecule has 2 heterocycles. The van der Waals surface area contributed by atoms with E-state index in [2.05, 4.69) is 0 Å². The molecule has 2 atom stereocenters. The van der Waals surface area contributed by atoms with Gasteiger partial charge in [-0.05, 0) is 33.6 Å². The molecular formula is C12H21NO3. The van der Waals surface area contributed by atoms with Gasteiger partial charge in [0.2, 0.25) is 0 Å². The number of fused-ring (bicyclic) bond motifs is 2. The fourth-order valence-electron chi connectivity index (χ4n) is 2.53. The van der Waals surface area contributed by atoms with Crippen LogP contribution in [0.5, 0.6) is 0 Å². The lowest BCUT2D eigenvalue weighted by molar-refractivity contribution is -0.186. The molecule has 2 rings (SSSR count). The second-order valence-electron chi connectivity index (χ2n) is 6.01. The topological polar surface area (TPSA) is 49.8 Å². The third kappa shape index (κ3) is 2.23. The molecule has 2 fully saturated rings. The van der Waals surface area contributed by atoms with Gasteiger partial charge in [0.05, 0.1) is 5.41 Å². The molecule has 4 heteroatoms. The first-order valence-corrected chi connectivity index (χ1v) is 6.06. The van der Waals surface area contributed by atoms with E-state index in [1.807, 2.05) is 20.8 Å². The first kappa shape index (κ1) is 11.9. The Hall–Kier alpha value is -0.610. The lowest BCUT2D eigenvalue weighted by Gasteiger charge is -2.35. The van der Waals surface area contributed by atoms with Gasteiger partial charge in [-0.1, -0.05) is 0 Å². The molecule has 0 aromatic carbocycles. The van der Waals surface area contributed by atoms with Gasteiger partial charge in [0, 0.05) is 24.9 Å². The second kappa shape index (κ2) is 4.00. The Morgan fingerprint density at radius 1 is 1.25 bits per heavy atom. The Morgan fingerprint density at radius 2 is 1.75 bits per heavy atom. The maximum atomic E-state index is 11.7. The lowest BCUT2D eigenvalue weighted by Crippen LogP contribution is -2.44. The average molecular weight is 227 g/mol. The number of esters is 1. The zero-order valence-electron chi connectivity index (χ0n) is 10.3. The van der Waals surface area contributed by atoms with Gasteiger partial charge in [-0.2, -0.15) is 5.06 Å². The van der Waals surface area contributed by atoms with Crippen LogP contribution in [0.3, 0.4) is 0 Å². The van der Waals surface area contributed by atoms with Gasteiger partial charge in [-0.15, -0.1) is 0 Å². The van der Waals surface area contributed by atoms with Gasteiger partial charge in [-0.25, -0.2) is 0 Å². The Kier molecular flexibility index (Phi) is 2.97. The SMILES string of the molecule is CC(C)(C)C(=O)OC1CC2CCC(C1)N2O. The highest BCUT2D eigenvalue weighted by Crippen LogP contribution is 2.36. The molecule has 0 saturated carbocycles. The summed E-state index contributed by atoms with van der Waals surface area (Å²) in [6, 6.07) is 0.382. The number of ether oxygens (including phenoxy) is 1. The summed E-state index contributed by atoms with van der Waals surface area (Å²) in [5.74, 6) is -0.136. The van der Waals surface area contributed by atoms with Crippen molar-refractivity contribution in [3.63, 3.8) is 0 Å². The summed E-state index contributed by atoms with van der Waals surface area (Å²) in [4.78, 5) is 11.7. The number of piperidine rings is 1. The van der Waals surface area contributed by atoms with E-state index in [0.717, 1.165) is 25.7 Å². The van der Waals surface area contributed by atoms with Crippen LogP contribution >= 0.6 is 0 Å². The molecule has 16 heavy (non-hydrogen) atoms. The molecule has 2 aliphatic heterocycles.